The van der Waals surface area contributed by atoms with Gasteiger partial charge in [-0.1, -0.05) is 19.9 Å². The number of hydrogen-bond acceptors (Lipinski definition) is 8. The van der Waals surface area contributed by atoms with Crippen LogP contribution in [0.15, 0.2) is 18.3 Å². The molecule has 0 bridgehead atoms. The lowest BCUT2D eigenvalue weighted by Crippen LogP contribution is -2.57. The van der Waals surface area contributed by atoms with Crippen LogP contribution in [0.5, 0.6) is 0 Å². The number of anilines is 1. The van der Waals surface area contributed by atoms with Gasteiger partial charge in [0.2, 0.25) is 5.91 Å². The SMILES string of the molecule is COC(=O)[C@H](Cc1ccc(N)nc1)NC(=O)N[C@@H]1COCCCCOC[C@H](C(C)C)NC1=O. The van der Waals surface area contributed by atoms with Gasteiger partial charge in [0.05, 0.1) is 26.4 Å². The smallest absolute Gasteiger partial charge is 0.328 e. The Labute approximate surface area is 194 Å². The minimum Gasteiger partial charge on any atom is -0.467 e. The number of carbonyl (C=O) groups excluding carboxylic acids is 3. The molecule has 0 aliphatic carbocycles. The standard InChI is InChI=1S/C22H35N5O6/c1-14(2)17-12-32-8-4-5-9-33-13-18(20(28)25-17)27-22(30)26-16(21(29)31-3)10-15-6-7-19(23)24-11-15/h6-7,11,14,16-18H,4-5,8-10,12-13H2,1-3H3,(H2,23,24)(H,25,28)(H2,26,27,30)/t16-,17+,18+/m0/s1. The first-order chi connectivity index (χ1) is 15.8. The van der Waals surface area contributed by atoms with Crippen molar-refractivity contribution in [2.24, 2.45) is 5.92 Å². The molecule has 5 N–H and O–H groups in total. The maximum Gasteiger partial charge on any atom is 0.328 e. The van der Waals surface area contributed by atoms with Crippen LogP contribution in [0.2, 0.25) is 0 Å². The molecule has 184 valence electrons. The van der Waals surface area contributed by atoms with Crippen molar-refractivity contribution in [3.8, 4) is 0 Å². The van der Waals surface area contributed by atoms with Gasteiger partial charge in [0.25, 0.3) is 0 Å². The summed E-state index contributed by atoms with van der Waals surface area (Å²) < 4.78 is 16.1. The molecule has 1 aliphatic heterocycles. The molecule has 0 unspecified atom stereocenters. The van der Waals surface area contributed by atoms with Crippen LogP contribution in [-0.2, 0) is 30.2 Å². The van der Waals surface area contributed by atoms with E-state index in [-0.39, 0.29) is 30.9 Å². The number of aromatic nitrogens is 1. The highest BCUT2D eigenvalue weighted by atomic mass is 16.5. The first-order valence-corrected chi connectivity index (χ1v) is 11.1. The predicted octanol–water partition coefficient (Wildman–Crippen LogP) is 0.384. The number of nitrogens with two attached hydrogens (primary N) is 1. The largest absolute Gasteiger partial charge is 0.467 e. The number of ether oxygens (including phenoxy) is 3. The molecule has 1 aromatic heterocycles. The highest BCUT2D eigenvalue weighted by Gasteiger charge is 2.28. The van der Waals surface area contributed by atoms with Gasteiger partial charge in [0.1, 0.15) is 17.9 Å². The molecule has 1 saturated heterocycles. The van der Waals surface area contributed by atoms with Crippen LogP contribution in [0, 0.1) is 5.92 Å². The second-order valence-electron chi connectivity index (χ2n) is 8.26. The summed E-state index contributed by atoms with van der Waals surface area (Å²) in [6, 6.07) is 0.493. The molecule has 1 fully saturated rings. The zero-order chi connectivity index (χ0) is 24.2. The van der Waals surface area contributed by atoms with Crippen LogP contribution >= 0.6 is 0 Å². The number of esters is 1. The third-order valence-corrected chi connectivity index (χ3v) is 5.24. The third-order valence-electron chi connectivity index (χ3n) is 5.24. The number of rotatable bonds is 6. The lowest BCUT2D eigenvalue weighted by molar-refractivity contribution is -0.142. The summed E-state index contributed by atoms with van der Waals surface area (Å²) in [4.78, 5) is 41.8. The van der Waals surface area contributed by atoms with E-state index in [1.165, 1.54) is 13.3 Å². The molecule has 33 heavy (non-hydrogen) atoms. The molecular weight excluding hydrogens is 430 g/mol. The van der Waals surface area contributed by atoms with Crippen molar-refractivity contribution >= 4 is 23.7 Å². The number of carbonyl (C=O) groups is 3. The molecule has 2 rings (SSSR count). The number of hydrogen-bond donors (Lipinski definition) is 4. The molecule has 0 saturated carbocycles. The zero-order valence-electron chi connectivity index (χ0n) is 19.5. The molecule has 0 aromatic carbocycles. The lowest BCUT2D eigenvalue weighted by Gasteiger charge is -2.27. The second kappa shape index (κ2) is 13.6. The maximum atomic E-state index is 12.9. The summed E-state index contributed by atoms with van der Waals surface area (Å²) in [7, 11) is 1.23. The Morgan fingerprint density at radius 1 is 1.24 bits per heavy atom. The van der Waals surface area contributed by atoms with E-state index in [9.17, 15) is 14.4 Å². The summed E-state index contributed by atoms with van der Waals surface area (Å²) in [5.41, 5.74) is 6.28. The van der Waals surface area contributed by atoms with Crippen LogP contribution < -0.4 is 21.7 Å². The summed E-state index contributed by atoms with van der Waals surface area (Å²) >= 11 is 0. The second-order valence-corrected chi connectivity index (χ2v) is 8.26. The minimum absolute atomic E-state index is 0.00962. The van der Waals surface area contributed by atoms with E-state index < -0.39 is 24.1 Å². The molecular formula is C22H35N5O6. The van der Waals surface area contributed by atoms with Gasteiger partial charge in [-0.2, -0.15) is 0 Å². The van der Waals surface area contributed by atoms with Crippen LogP contribution in [0.1, 0.15) is 32.3 Å². The van der Waals surface area contributed by atoms with Crippen LogP contribution in [-0.4, -0.2) is 74.6 Å². The third kappa shape index (κ3) is 9.22. The maximum absolute atomic E-state index is 12.9. The fourth-order valence-electron chi connectivity index (χ4n) is 3.17. The Morgan fingerprint density at radius 2 is 1.94 bits per heavy atom. The normalized spacial score (nSPS) is 21.2. The van der Waals surface area contributed by atoms with Crippen molar-refractivity contribution in [2.45, 2.75) is 51.2 Å². The van der Waals surface area contributed by atoms with Crippen LogP contribution in [0.25, 0.3) is 0 Å². The molecule has 0 spiro atoms. The highest BCUT2D eigenvalue weighted by molar-refractivity contribution is 5.89. The summed E-state index contributed by atoms with van der Waals surface area (Å²) in [6.07, 6.45) is 3.30. The number of urea groups is 1. The average molecular weight is 466 g/mol. The van der Waals surface area contributed by atoms with Gasteiger partial charge in [-0.3, -0.25) is 4.79 Å². The van der Waals surface area contributed by atoms with Gasteiger partial charge in [0, 0.05) is 25.8 Å². The Balaban J connectivity index is 2.05. The Kier molecular flexibility index (Phi) is 10.8. The number of nitrogens with zero attached hydrogens (tertiary/aromatic N) is 1. The van der Waals surface area contributed by atoms with Crippen LogP contribution in [0.4, 0.5) is 10.6 Å². The van der Waals surface area contributed by atoms with Gasteiger partial charge in [-0.15, -0.1) is 0 Å². The molecule has 2 heterocycles. The van der Waals surface area contributed by atoms with E-state index in [2.05, 4.69) is 20.9 Å². The van der Waals surface area contributed by atoms with Crippen LogP contribution in [0.3, 0.4) is 0 Å². The van der Waals surface area contributed by atoms with Gasteiger partial charge in [0.15, 0.2) is 0 Å². The van der Waals surface area contributed by atoms with Gasteiger partial charge >= 0.3 is 12.0 Å². The van der Waals surface area contributed by atoms with E-state index in [4.69, 9.17) is 19.9 Å². The molecule has 0 radical (unpaired) electrons. The summed E-state index contributed by atoms with van der Waals surface area (Å²) in [5, 5.41) is 8.11. The topological polar surface area (TPSA) is 154 Å². The first-order valence-electron chi connectivity index (χ1n) is 11.1. The number of nitrogen functional groups attached to an aromatic ring is 1. The van der Waals surface area contributed by atoms with Crippen molar-refractivity contribution in [3.05, 3.63) is 23.9 Å². The fraction of sp³-hybridized carbons (Fsp3) is 0.636. The van der Waals surface area contributed by atoms with Gasteiger partial charge in [-0.25, -0.2) is 14.6 Å². The lowest BCUT2D eigenvalue weighted by atomic mass is 10.0. The number of methoxy groups -OCH3 is 1. The Morgan fingerprint density at radius 3 is 2.55 bits per heavy atom. The molecule has 3 amide bonds. The van der Waals surface area contributed by atoms with E-state index in [1.54, 1.807) is 12.1 Å². The highest BCUT2D eigenvalue weighted by Crippen LogP contribution is 2.07. The zero-order valence-corrected chi connectivity index (χ0v) is 19.5. The van der Waals surface area contributed by atoms with E-state index in [0.717, 1.165) is 12.8 Å². The number of amides is 3. The molecule has 1 aromatic rings. The summed E-state index contributed by atoms with van der Waals surface area (Å²) in [5.74, 6) is -0.522. The molecule has 11 nitrogen and oxygen atoms in total. The molecule has 1 aliphatic rings. The van der Waals surface area contributed by atoms with Crippen molar-refractivity contribution in [3.63, 3.8) is 0 Å². The quantitative estimate of drug-likeness (QED) is 0.440. The molecule has 11 heteroatoms. The predicted molar refractivity (Wildman–Crippen MR) is 121 cm³/mol. The Bertz CT molecular complexity index is 773. The van der Waals surface area contributed by atoms with E-state index in [1.807, 2.05) is 13.8 Å². The average Bonchev–Trinajstić information content (AvgIpc) is 2.78. The van der Waals surface area contributed by atoms with Crippen molar-refractivity contribution in [2.75, 3.05) is 39.3 Å². The van der Waals surface area contributed by atoms with E-state index >= 15 is 0 Å². The van der Waals surface area contributed by atoms with Crippen molar-refractivity contribution in [1.82, 2.24) is 20.9 Å². The Hall–Kier alpha value is -2.92. The number of nitrogens with one attached hydrogen (secondary N) is 3. The van der Waals surface area contributed by atoms with Crippen molar-refractivity contribution in [1.29, 1.82) is 0 Å². The van der Waals surface area contributed by atoms with Crippen molar-refractivity contribution < 1.29 is 28.6 Å². The first kappa shape index (κ1) is 26.3. The van der Waals surface area contributed by atoms with Gasteiger partial charge < -0.3 is 35.9 Å². The van der Waals surface area contributed by atoms with Gasteiger partial charge in [-0.05, 0) is 30.4 Å². The monoisotopic (exact) mass is 465 g/mol. The fourth-order valence-corrected chi connectivity index (χ4v) is 3.17. The summed E-state index contributed by atoms with van der Waals surface area (Å²) in [6.45, 7) is 5.42. The number of pyridine rings is 1. The van der Waals surface area contributed by atoms with E-state index in [0.29, 0.717) is 31.2 Å². The minimum atomic E-state index is -0.979. The molecule has 3 atom stereocenters.